The summed E-state index contributed by atoms with van der Waals surface area (Å²) < 4.78 is 0. The molecule has 1 aromatic carbocycles. The summed E-state index contributed by atoms with van der Waals surface area (Å²) in [6, 6.07) is 6.46. The molecule has 0 bridgehead atoms. The number of rotatable bonds is 4. The van der Waals surface area contributed by atoms with Gasteiger partial charge in [-0.1, -0.05) is 6.07 Å². The van der Waals surface area contributed by atoms with E-state index in [9.17, 15) is 4.79 Å². The van der Waals surface area contributed by atoms with Crippen molar-refractivity contribution in [1.29, 1.82) is 0 Å². The number of hydrogen-bond acceptors (Lipinski definition) is 4. The van der Waals surface area contributed by atoms with Crippen molar-refractivity contribution in [2.24, 2.45) is 5.73 Å². The maximum absolute atomic E-state index is 11.7. The number of nitrogens with one attached hydrogen (secondary N) is 2. The van der Waals surface area contributed by atoms with Gasteiger partial charge in [-0.05, 0) is 44.6 Å². The topological polar surface area (TPSA) is 67.2 Å². The Morgan fingerprint density at radius 2 is 2.33 bits per heavy atom. The molecule has 0 radical (unpaired) electrons. The molecule has 4 nitrogen and oxygen atoms in total. The molecule has 0 aliphatic carbocycles. The third-order valence-electron chi connectivity index (χ3n) is 3.14. The van der Waals surface area contributed by atoms with E-state index in [1.165, 1.54) is 0 Å². The fraction of sp³-hybridized carbons (Fsp3) is 0.462. The second-order valence-electron chi connectivity index (χ2n) is 4.42. The zero-order valence-corrected chi connectivity index (χ0v) is 11.5. The molecule has 2 atom stereocenters. The van der Waals surface area contributed by atoms with Crippen LogP contribution in [0.4, 0.5) is 5.69 Å². The lowest BCUT2D eigenvalue weighted by molar-refractivity contribution is -0.115. The zero-order valence-electron chi connectivity index (χ0n) is 10.7. The van der Waals surface area contributed by atoms with Gasteiger partial charge in [0, 0.05) is 10.9 Å². The van der Waals surface area contributed by atoms with Gasteiger partial charge in [0.15, 0.2) is 0 Å². The Bertz CT molecular complexity index is 450. The Balaban J connectivity index is 2.26. The number of hydrogen-bond donors (Lipinski definition) is 3. The largest absolute Gasteiger partial charge is 0.330 e. The van der Waals surface area contributed by atoms with E-state index in [1.807, 2.05) is 20.0 Å². The third-order valence-corrected chi connectivity index (χ3v) is 4.32. The minimum absolute atomic E-state index is 0.0208. The summed E-state index contributed by atoms with van der Waals surface area (Å²) in [5, 5.41) is 6.18. The van der Waals surface area contributed by atoms with Crippen molar-refractivity contribution in [3.63, 3.8) is 0 Å². The van der Waals surface area contributed by atoms with Crippen molar-refractivity contribution in [3.8, 4) is 0 Å². The van der Waals surface area contributed by atoms with Crippen LogP contribution in [0.1, 0.15) is 24.9 Å². The molecular formula is C13H19N3OS. The van der Waals surface area contributed by atoms with Crippen LogP contribution in [0.3, 0.4) is 0 Å². The highest BCUT2D eigenvalue weighted by molar-refractivity contribution is 8.00. The Labute approximate surface area is 112 Å². The van der Waals surface area contributed by atoms with Crippen LogP contribution >= 0.6 is 11.8 Å². The van der Waals surface area contributed by atoms with Crippen LogP contribution < -0.4 is 16.4 Å². The van der Waals surface area contributed by atoms with Gasteiger partial charge >= 0.3 is 0 Å². The Hall–Kier alpha value is -1.04. The maximum atomic E-state index is 11.7. The zero-order chi connectivity index (χ0) is 13.1. The van der Waals surface area contributed by atoms with Crippen LogP contribution in [-0.4, -0.2) is 24.7 Å². The first-order chi connectivity index (χ1) is 8.65. The molecule has 98 valence electrons. The average molecular weight is 265 g/mol. The lowest BCUT2D eigenvalue weighted by atomic mass is 10.0. The summed E-state index contributed by atoms with van der Waals surface area (Å²) in [7, 11) is 1.93. The molecule has 0 saturated heterocycles. The van der Waals surface area contributed by atoms with Gasteiger partial charge in [0.1, 0.15) is 0 Å². The lowest BCUT2D eigenvalue weighted by Crippen LogP contribution is -2.27. The van der Waals surface area contributed by atoms with Crippen LogP contribution in [0.25, 0.3) is 0 Å². The number of amides is 1. The molecule has 1 aromatic rings. The van der Waals surface area contributed by atoms with Crippen molar-refractivity contribution in [2.75, 3.05) is 18.9 Å². The minimum Gasteiger partial charge on any atom is -0.330 e. The molecule has 0 aromatic heterocycles. The van der Waals surface area contributed by atoms with Crippen LogP contribution in [0.2, 0.25) is 0 Å². The van der Waals surface area contributed by atoms with E-state index in [-0.39, 0.29) is 17.2 Å². The molecular weight excluding hydrogens is 246 g/mol. The Morgan fingerprint density at radius 1 is 1.56 bits per heavy atom. The molecule has 0 saturated carbocycles. The van der Waals surface area contributed by atoms with Gasteiger partial charge in [-0.15, -0.1) is 11.8 Å². The molecule has 0 fully saturated rings. The van der Waals surface area contributed by atoms with E-state index in [4.69, 9.17) is 5.73 Å². The average Bonchev–Trinajstić information content (AvgIpc) is 2.37. The smallest absolute Gasteiger partial charge is 0.237 e. The molecule has 2 rings (SSSR count). The lowest BCUT2D eigenvalue weighted by Gasteiger charge is -2.24. The predicted molar refractivity (Wildman–Crippen MR) is 75.9 cm³/mol. The van der Waals surface area contributed by atoms with Gasteiger partial charge in [-0.3, -0.25) is 4.79 Å². The van der Waals surface area contributed by atoms with E-state index in [0.717, 1.165) is 22.6 Å². The standard InChI is InChI=1S/C13H19N3OS/c1-8-13(17)16-11-7-9(3-4-12(11)18-8)10(15-2)5-6-14/h3-4,7-8,10,15H,5-6,14H2,1-2H3,(H,16,17). The number of benzene rings is 1. The molecule has 1 aliphatic rings. The van der Waals surface area contributed by atoms with Crippen LogP contribution in [0, 0.1) is 0 Å². The van der Waals surface area contributed by atoms with Crippen molar-refractivity contribution >= 4 is 23.4 Å². The van der Waals surface area contributed by atoms with E-state index >= 15 is 0 Å². The molecule has 1 heterocycles. The monoisotopic (exact) mass is 265 g/mol. The molecule has 1 aliphatic heterocycles. The van der Waals surface area contributed by atoms with E-state index in [1.54, 1.807) is 11.8 Å². The summed E-state index contributed by atoms with van der Waals surface area (Å²) >= 11 is 1.60. The SMILES string of the molecule is CNC(CCN)c1ccc2c(c1)NC(=O)C(C)S2. The first kappa shape index (κ1) is 13.4. The highest BCUT2D eigenvalue weighted by Gasteiger charge is 2.23. The second-order valence-corrected chi connectivity index (χ2v) is 5.81. The van der Waals surface area contributed by atoms with Gasteiger partial charge in [0.05, 0.1) is 10.9 Å². The summed E-state index contributed by atoms with van der Waals surface area (Å²) in [4.78, 5) is 12.8. The fourth-order valence-electron chi connectivity index (χ4n) is 2.09. The minimum atomic E-state index is -0.0208. The maximum Gasteiger partial charge on any atom is 0.237 e. The normalized spacial score (nSPS) is 20.2. The molecule has 18 heavy (non-hydrogen) atoms. The van der Waals surface area contributed by atoms with Crippen molar-refractivity contribution in [1.82, 2.24) is 5.32 Å². The Morgan fingerprint density at radius 3 is 3.00 bits per heavy atom. The first-order valence-corrected chi connectivity index (χ1v) is 7.02. The molecule has 1 amide bonds. The van der Waals surface area contributed by atoms with E-state index < -0.39 is 0 Å². The summed E-state index contributed by atoms with van der Waals surface area (Å²) in [6.45, 7) is 2.56. The molecule has 5 heteroatoms. The van der Waals surface area contributed by atoms with Crippen LogP contribution in [0.15, 0.2) is 23.1 Å². The number of nitrogens with two attached hydrogens (primary N) is 1. The molecule has 4 N–H and O–H groups in total. The van der Waals surface area contributed by atoms with Crippen molar-refractivity contribution in [2.45, 2.75) is 29.5 Å². The highest BCUT2D eigenvalue weighted by atomic mass is 32.2. The van der Waals surface area contributed by atoms with E-state index in [2.05, 4.69) is 22.8 Å². The summed E-state index contributed by atoms with van der Waals surface area (Å²) in [5.74, 6) is 0.0736. The van der Waals surface area contributed by atoms with Crippen LogP contribution in [0.5, 0.6) is 0 Å². The number of carbonyl (C=O) groups excluding carboxylic acids is 1. The summed E-state index contributed by atoms with van der Waals surface area (Å²) in [5.41, 5.74) is 7.69. The molecule has 2 unspecified atom stereocenters. The number of carbonyl (C=O) groups is 1. The third kappa shape index (κ3) is 2.68. The quantitative estimate of drug-likeness (QED) is 0.775. The van der Waals surface area contributed by atoms with Gasteiger partial charge < -0.3 is 16.4 Å². The van der Waals surface area contributed by atoms with E-state index in [0.29, 0.717) is 6.54 Å². The number of thioether (sulfide) groups is 1. The van der Waals surface area contributed by atoms with Gasteiger partial charge in [0.25, 0.3) is 0 Å². The number of fused-ring (bicyclic) bond motifs is 1. The van der Waals surface area contributed by atoms with Gasteiger partial charge in [-0.2, -0.15) is 0 Å². The van der Waals surface area contributed by atoms with Crippen molar-refractivity contribution < 1.29 is 4.79 Å². The highest BCUT2D eigenvalue weighted by Crippen LogP contribution is 2.37. The van der Waals surface area contributed by atoms with Crippen molar-refractivity contribution in [3.05, 3.63) is 23.8 Å². The van der Waals surface area contributed by atoms with Gasteiger partial charge in [-0.25, -0.2) is 0 Å². The second kappa shape index (κ2) is 5.73. The summed E-state index contributed by atoms with van der Waals surface area (Å²) in [6.07, 6.45) is 0.882. The number of anilines is 1. The molecule has 0 spiro atoms. The Kier molecular flexibility index (Phi) is 4.27. The fourth-order valence-corrected chi connectivity index (χ4v) is 3.02. The van der Waals surface area contributed by atoms with Gasteiger partial charge in [0.2, 0.25) is 5.91 Å². The predicted octanol–water partition coefficient (Wildman–Crippen LogP) is 1.73. The first-order valence-electron chi connectivity index (χ1n) is 6.14. The van der Waals surface area contributed by atoms with Crippen LogP contribution in [-0.2, 0) is 4.79 Å².